The van der Waals surface area contributed by atoms with Crippen LogP contribution in [0, 0.1) is 14.9 Å². The number of nitrogens with zero attached hydrogens (tertiary/aromatic N) is 1. The lowest BCUT2D eigenvalue weighted by molar-refractivity contribution is 0.0600. The molecule has 1 rings (SSSR count). The molecule has 0 fully saturated rings. The number of hydrogen-bond donors (Lipinski definition) is 1. The zero-order valence-electron chi connectivity index (χ0n) is 7.24. The van der Waals surface area contributed by atoms with Gasteiger partial charge in [0.05, 0.1) is 18.2 Å². The molecule has 0 aromatic heterocycles. The fourth-order valence-electron chi connectivity index (χ4n) is 0.954. The van der Waals surface area contributed by atoms with Gasteiger partial charge < -0.3 is 4.74 Å². The second kappa shape index (κ2) is 4.66. The normalized spacial score (nSPS) is 9.29. The van der Waals surface area contributed by atoms with Gasteiger partial charge in [0.25, 0.3) is 0 Å². The summed E-state index contributed by atoms with van der Waals surface area (Å²) >= 11 is 6.13. The maximum atomic E-state index is 11.3. The number of methoxy groups -OCH3 is 1. The van der Waals surface area contributed by atoms with Crippen LogP contribution in [-0.4, -0.2) is 13.1 Å². The predicted octanol–water partition coefficient (Wildman–Crippen LogP) is 2.24. The average Bonchev–Trinajstić information content (AvgIpc) is 2.20. The standard InChI is InChI=1S/C9H6INO2S/c1-13-9(12)5-2-3-7(14)8(10)6(5)4-11/h2-3,14H,1H3. The summed E-state index contributed by atoms with van der Waals surface area (Å²) in [4.78, 5) is 11.9. The van der Waals surface area contributed by atoms with E-state index in [4.69, 9.17) is 5.26 Å². The lowest BCUT2D eigenvalue weighted by Crippen LogP contribution is -2.05. The van der Waals surface area contributed by atoms with Gasteiger partial charge in [0.1, 0.15) is 6.07 Å². The van der Waals surface area contributed by atoms with E-state index in [1.54, 1.807) is 6.07 Å². The molecule has 1 aromatic rings. The van der Waals surface area contributed by atoms with Crippen LogP contribution in [0.1, 0.15) is 15.9 Å². The first-order chi connectivity index (χ1) is 6.61. The minimum Gasteiger partial charge on any atom is -0.465 e. The van der Waals surface area contributed by atoms with Crippen molar-refractivity contribution < 1.29 is 9.53 Å². The minimum absolute atomic E-state index is 0.275. The quantitative estimate of drug-likeness (QED) is 0.491. The van der Waals surface area contributed by atoms with Crippen LogP contribution in [0.5, 0.6) is 0 Å². The van der Waals surface area contributed by atoms with Crippen LogP contribution in [-0.2, 0) is 4.74 Å². The van der Waals surface area contributed by atoms with E-state index in [9.17, 15) is 4.79 Å². The van der Waals surface area contributed by atoms with Crippen LogP contribution < -0.4 is 0 Å². The Morgan fingerprint density at radius 2 is 2.29 bits per heavy atom. The predicted molar refractivity (Wildman–Crippen MR) is 62.5 cm³/mol. The molecule has 0 radical (unpaired) electrons. The maximum Gasteiger partial charge on any atom is 0.339 e. The van der Waals surface area contributed by atoms with Crippen LogP contribution in [0.25, 0.3) is 0 Å². The van der Waals surface area contributed by atoms with Crippen molar-refractivity contribution in [1.82, 2.24) is 0 Å². The fraction of sp³-hybridized carbons (Fsp3) is 0.111. The molecule has 0 aliphatic rings. The lowest BCUT2D eigenvalue weighted by atomic mass is 10.1. The third kappa shape index (κ3) is 2.01. The number of benzene rings is 1. The number of rotatable bonds is 1. The Kier molecular flexibility index (Phi) is 3.77. The van der Waals surface area contributed by atoms with E-state index < -0.39 is 5.97 Å². The number of hydrogen-bond acceptors (Lipinski definition) is 4. The highest BCUT2D eigenvalue weighted by molar-refractivity contribution is 14.1. The van der Waals surface area contributed by atoms with Gasteiger partial charge in [-0.15, -0.1) is 12.6 Å². The number of thiol groups is 1. The highest BCUT2D eigenvalue weighted by atomic mass is 127. The molecule has 72 valence electrons. The summed E-state index contributed by atoms with van der Waals surface area (Å²) in [5, 5.41) is 8.87. The van der Waals surface area contributed by atoms with Crippen molar-refractivity contribution in [3.05, 3.63) is 26.8 Å². The molecule has 3 nitrogen and oxygen atoms in total. The Balaban J connectivity index is 3.40. The molecule has 0 bridgehead atoms. The largest absolute Gasteiger partial charge is 0.465 e. The zero-order chi connectivity index (χ0) is 10.7. The summed E-state index contributed by atoms with van der Waals surface area (Å²) in [6, 6.07) is 5.16. The third-order valence-electron chi connectivity index (χ3n) is 1.64. The molecule has 0 aliphatic heterocycles. The summed E-state index contributed by atoms with van der Waals surface area (Å²) in [6.45, 7) is 0. The monoisotopic (exact) mass is 319 g/mol. The Morgan fingerprint density at radius 1 is 1.64 bits per heavy atom. The summed E-state index contributed by atoms with van der Waals surface area (Å²) < 4.78 is 5.22. The third-order valence-corrected chi connectivity index (χ3v) is 3.56. The van der Waals surface area contributed by atoms with Gasteiger partial charge >= 0.3 is 5.97 Å². The molecule has 0 aliphatic carbocycles. The van der Waals surface area contributed by atoms with Gasteiger partial charge in [-0.3, -0.25) is 0 Å². The molecule has 14 heavy (non-hydrogen) atoms. The first-order valence-corrected chi connectivity index (χ1v) is 5.14. The van der Waals surface area contributed by atoms with Crippen LogP contribution in [0.3, 0.4) is 0 Å². The van der Waals surface area contributed by atoms with E-state index in [2.05, 4.69) is 17.4 Å². The van der Waals surface area contributed by atoms with Crippen molar-refractivity contribution in [2.75, 3.05) is 7.11 Å². The molecule has 0 N–H and O–H groups in total. The summed E-state index contributed by atoms with van der Waals surface area (Å²) in [6.07, 6.45) is 0. The first-order valence-electron chi connectivity index (χ1n) is 3.61. The molecule has 0 amide bonds. The SMILES string of the molecule is COC(=O)c1ccc(S)c(I)c1C#N. The second-order valence-electron chi connectivity index (χ2n) is 2.42. The van der Waals surface area contributed by atoms with E-state index in [-0.39, 0.29) is 5.56 Å². The zero-order valence-corrected chi connectivity index (χ0v) is 10.3. The molecule has 5 heteroatoms. The molecule has 0 saturated heterocycles. The Labute approximate surface area is 101 Å². The van der Waals surface area contributed by atoms with Gasteiger partial charge in [-0.05, 0) is 34.7 Å². The molecular formula is C9H6INO2S. The number of ether oxygens (including phenoxy) is 1. The van der Waals surface area contributed by atoms with E-state index in [0.29, 0.717) is 14.0 Å². The molecule has 1 aromatic carbocycles. The first kappa shape index (κ1) is 11.3. The Morgan fingerprint density at radius 3 is 2.79 bits per heavy atom. The van der Waals surface area contributed by atoms with Gasteiger partial charge in [0.15, 0.2) is 0 Å². The Hall–Kier alpha value is -0.740. The minimum atomic E-state index is -0.507. The highest BCUT2D eigenvalue weighted by Gasteiger charge is 2.15. The molecule has 0 heterocycles. The lowest BCUT2D eigenvalue weighted by Gasteiger charge is -2.05. The van der Waals surface area contributed by atoms with Crippen LogP contribution in [0.15, 0.2) is 17.0 Å². The Bertz CT molecular complexity index is 426. The average molecular weight is 319 g/mol. The number of esters is 1. The molecular weight excluding hydrogens is 313 g/mol. The van der Waals surface area contributed by atoms with E-state index in [0.717, 1.165) is 0 Å². The smallest absolute Gasteiger partial charge is 0.339 e. The summed E-state index contributed by atoms with van der Waals surface area (Å²) in [5.74, 6) is -0.507. The number of carbonyl (C=O) groups is 1. The fourth-order valence-corrected chi connectivity index (χ4v) is 1.73. The van der Waals surface area contributed by atoms with E-state index in [1.807, 2.05) is 28.7 Å². The highest BCUT2D eigenvalue weighted by Crippen LogP contribution is 2.23. The van der Waals surface area contributed by atoms with Gasteiger partial charge in [-0.1, -0.05) is 0 Å². The van der Waals surface area contributed by atoms with Gasteiger partial charge in [0.2, 0.25) is 0 Å². The van der Waals surface area contributed by atoms with Gasteiger partial charge in [-0.25, -0.2) is 4.79 Å². The molecule has 0 spiro atoms. The van der Waals surface area contributed by atoms with Crippen molar-refractivity contribution in [2.24, 2.45) is 0 Å². The summed E-state index contributed by atoms with van der Waals surface area (Å²) in [5.41, 5.74) is 0.585. The molecule has 0 unspecified atom stereocenters. The van der Waals surface area contributed by atoms with Crippen molar-refractivity contribution in [3.8, 4) is 6.07 Å². The van der Waals surface area contributed by atoms with Crippen molar-refractivity contribution in [1.29, 1.82) is 5.26 Å². The number of nitriles is 1. The molecule has 0 saturated carbocycles. The van der Waals surface area contributed by atoms with Crippen LogP contribution in [0.4, 0.5) is 0 Å². The van der Waals surface area contributed by atoms with Crippen molar-refractivity contribution in [3.63, 3.8) is 0 Å². The van der Waals surface area contributed by atoms with Crippen molar-refractivity contribution >= 4 is 41.2 Å². The van der Waals surface area contributed by atoms with E-state index in [1.165, 1.54) is 13.2 Å². The number of carbonyl (C=O) groups excluding carboxylic acids is 1. The van der Waals surface area contributed by atoms with Gasteiger partial charge in [0, 0.05) is 8.47 Å². The van der Waals surface area contributed by atoms with Crippen LogP contribution >= 0.6 is 35.2 Å². The topological polar surface area (TPSA) is 50.1 Å². The molecule has 0 atom stereocenters. The van der Waals surface area contributed by atoms with Crippen LogP contribution in [0.2, 0.25) is 0 Å². The second-order valence-corrected chi connectivity index (χ2v) is 3.99. The summed E-state index contributed by atoms with van der Waals surface area (Å²) in [7, 11) is 1.28. The number of halogens is 1. The van der Waals surface area contributed by atoms with E-state index >= 15 is 0 Å². The van der Waals surface area contributed by atoms with Crippen molar-refractivity contribution in [2.45, 2.75) is 4.90 Å². The van der Waals surface area contributed by atoms with Gasteiger partial charge in [-0.2, -0.15) is 5.26 Å². The maximum absolute atomic E-state index is 11.3.